The van der Waals surface area contributed by atoms with Gasteiger partial charge in [-0.05, 0) is 43.3 Å². The topological polar surface area (TPSA) is 116 Å². The van der Waals surface area contributed by atoms with Crippen molar-refractivity contribution in [3.8, 4) is 0 Å². The van der Waals surface area contributed by atoms with Gasteiger partial charge in [0.2, 0.25) is 5.91 Å². The van der Waals surface area contributed by atoms with E-state index in [4.69, 9.17) is 0 Å². The van der Waals surface area contributed by atoms with Crippen molar-refractivity contribution in [1.29, 1.82) is 0 Å². The number of hydrogen-bond acceptors (Lipinski definition) is 6. The number of pyridine rings is 2. The Morgan fingerprint density at radius 3 is 2.50 bits per heavy atom. The molecule has 0 spiro atoms. The van der Waals surface area contributed by atoms with Crippen LogP contribution in [0.15, 0.2) is 76.6 Å². The summed E-state index contributed by atoms with van der Waals surface area (Å²) in [5.41, 5.74) is 0.551. The average Bonchev–Trinajstić information content (AvgIpc) is 2.80. The summed E-state index contributed by atoms with van der Waals surface area (Å²) in [6.45, 7) is 1.05. The van der Waals surface area contributed by atoms with Gasteiger partial charge in [0, 0.05) is 23.6 Å². The van der Waals surface area contributed by atoms with Crippen LogP contribution in [0.2, 0.25) is 0 Å². The summed E-state index contributed by atoms with van der Waals surface area (Å²) < 4.78 is 2.22. The minimum absolute atomic E-state index is 0.0483. The van der Waals surface area contributed by atoms with Crippen LogP contribution in [-0.4, -0.2) is 30.8 Å². The third-order valence-electron chi connectivity index (χ3n) is 4.89. The molecule has 0 fully saturated rings. The predicted octanol–water partition coefficient (Wildman–Crippen LogP) is 1.84. The van der Waals surface area contributed by atoms with Crippen molar-refractivity contribution in [1.82, 2.24) is 19.1 Å². The molecule has 0 saturated carbocycles. The number of benzene rings is 1. The third-order valence-corrected chi connectivity index (χ3v) is 4.89. The normalized spacial score (nSPS) is 10.8. The highest BCUT2D eigenvalue weighted by Crippen LogP contribution is 2.12. The highest BCUT2D eigenvalue weighted by Gasteiger charge is 2.17. The van der Waals surface area contributed by atoms with Crippen LogP contribution in [0.4, 0.5) is 5.69 Å². The van der Waals surface area contributed by atoms with Crippen molar-refractivity contribution >= 4 is 28.4 Å². The molecule has 0 unspecified atom stereocenters. The molecule has 1 aromatic carbocycles. The molecule has 3 heterocycles. The van der Waals surface area contributed by atoms with E-state index in [2.05, 4.69) is 15.3 Å². The number of nitrogens with zero attached hydrogens (tertiary/aromatic N) is 4. The van der Waals surface area contributed by atoms with E-state index < -0.39 is 17.2 Å². The first kappa shape index (κ1) is 20.9. The molecule has 0 aliphatic rings. The number of rotatable bonds is 6. The summed E-state index contributed by atoms with van der Waals surface area (Å²) in [7, 11) is 0. The standard InChI is InChI=1S/C23H19N5O4/c1-15(29)16-6-4-8-17(12-16)26-20(30)14-27-19-9-5-11-25-21(19)22(31)28(23(27)32)13-18-7-2-3-10-24-18/h2-12H,13-14H2,1H3,(H,26,30). The first-order valence-electron chi connectivity index (χ1n) is 9.83. The van der Waals surface area contributed by atoms with Crippen LogP contribution in [0.5, 0.6) is 0 Å². The molecule has 0 radical (unpaired) electrons. The van der Waals surface area contributed by atoms with E-state index in [9.17, 15) is 19.2 Å². The molecule has 3 aromatic heterocycles. The summed E-state index contributed by atoms with van der Waals surface area (Å²) in [6, 6.07) is 14.9. The fraction of sp³-hybridized carbons (Fsp3) is 0.130. The summed E-state index contributed by atoms with van der Waals surface area (Å²) in [6.07, 6.45) is 3.03. The van der Waals surface area contributed by atoms with E-state index in [1.807, 2.05) is 0 Å². The van der Waals surface area contributed by atoms with Gasteiger partial charge >= 0.3 is 5.69 Å². The lowest BCUT2D eigenvalue weighted by atomic mass is 10.1. The Morgan fingerprint density at radius 2 is 1.75 bits per heavy atom. The Labute approximate surface area is 182 Å². The Balaban J connectivity index is 1.72. The number of Topliss-reactive ketones (excluding diaryl/α,β-unsaturated/α-hetero) is 1. The van der Waals surface area contributed by atoms with Gasteiger partial charge in [-0.15, -0.1) is 0 Å². The van der Waals surface area contributed by atoms with Gasteiger partial charge in [-0.3, -0.25) is 28.5 Å². The average molecular weight is 429 g/mol. The van der Waals surface area contributed by atoms with E-state index in [1.54, 1.807) is 60.8 Å². The lowest BCUT2D eigenvalue weighted by Crippen LogP contribution is -2.42. The van der Waals surface area contributed by atoms with Gasteiger partial charge in [-0.1, -0.05) is 18.2 Å². The number of carbonyl (C=O) groups is 2. The van der Waals surface area contributed by atoms with Crippen LogP contribution in [0, 0.1) is 0 Å². The molecule has 0 aliphatic heterocycles. The van der Waals surface area contributed by atoms with Crippen molar-refractivity contribution in [2.24, 2.45) is 0 Å². The number of hydrogen-bond donors (Lipinski definition) is 1. The molecule has 9 nitrogen and oxygen atoms in total. The number of amides is 1. The van der Waals surface area contributed by atoms with Gasteiger partial charge in [0.1, 0.15) is 6.54 Å². The minimum Gasteiger partial charge on any atom is -0.325 e. The van der Waals surface area contributed by atoms with Gasteiger partial charge in [0.05, 0.1) is 17.8 Å². The molecular formula is C23H19N5O4. The highest BCUT2D eigenvalue weighted by atomic mass is 16.2. The smallest absolute Gasteiger partial charge is 0.325 e. The van der Waals surface area contributed by atoms with Gasteiger partial charge in [-0.2, -0.15) is 0 Å². The van der Waals surface area contributed by atoms with Crippen LogP contribution in [-0.2, 0) is 17.9 Å². The molecule has 0 atom stereocenters. The number of anilines is 1. The maximum Gasteiger partial charge on any atom is 0.332 e. The number of aromatic nitrogens is 4. The molecule has 160 valence electrons. The van der Waals surface area contributed by atoms with Gasteiger partial charge in [0.15, 0.2) is 11.3 Å². The molecule has 4 rings (SSSR count). The third kappa shape index (κ3) is 4.22. The minimum atomic E-state index is -0.645. The number of fused-ring (bicyclic) bond motifs is 1. The molecule has 0 saturated heterocycles. The molecule has 32 heavy (non-hydrogen) atoms. The molecule has 0 aliphatic carbocycles. The predicted molar refractivity (Wildman–Crippen MR) is 119 cm³/mol. The van der Waals surface area contributed by atoms with Crippen molar-refractivity contribution in [3.63, 3.8) is 0 Å². The molecule has 0 bridgehead atoms. The van der Waals surface area contributed by atoms with Crippen LogP contribution >= 0.6 is 0 Å². The van der Waals surface area contributed by atoms with Crippen LogP contribution in [0.1, 0.15) is 23.0 Å². The molecular weight excluding hydrogens is 410 g/mol. The van der Waals surface area contributed by atoms with Crippen molar-refractivity contribution in [2.75, 3.05) is 5.32 Å². The highest BCUT2D eigenvalue weighted by molar-refractivity contribution is 5.97. The zero-order valence-corrected chi connectivity index (χ0v) is 17.2. The monoisotopic (exact) mass is 429 g/mol. The molecule has 1 amide bonds. The van der Waals surface area contributed by atoms with E-state index in [1.165, 1.54) is 17.7 Å². The van der Waals surface area contributed by atoms with E-state index in [0.717, 1.165) is 4.57 Å². The largest absolute Gasteiger partial charge is 0.332 e. The summed E-state index contributed by atoms with van der Waals surface area (Å²) >= 11 is 0. The second-order valence-electron chi connectivity index (χ2n) is 7.14. The number of nitrogens with one attached hydrogen (secondary N) is 1. The second-order valence-corrected chi connectivity index (χ2v) is 7.14. The lowest BCUT2D eigenvalue weighted by molar-refractivity contribution is -0.116. The van der Waals surface area contributed by atoms with E-state index >= 15 is 0 Å². The summed E-state index contributed by atoms with van der Waals surface area (Å²) in [4.78, 5) is 58.7. The van der Waals surface area contributed by atoms with Gasteiger partial charge < -0.3 is 5.32 Å². The quantitative estimate of drug-likeness (QED) is 0.468. The van der Waals surface area contributed by atoms with Gasteiger partial charge in [-0.25, -0.2) is 9.78 Å². The van der Waals surface area contributed by atoms with Crippen LogP contribution in [0.25, 0.3) is 11.0 Å². The van der Waals surface area contributed by atoms with Crippen molar-refractivity contribution in [3.05, 3.63) is 99.1 Å². The van der Waals surface area contributed by atoms with E-state index in [-0.39, 0.29) is 29.9 Å². The number of carbonyl (C=O) groups excluding carboxylic acids is 2. The maximum absolute atomic E-state index is 13.2. The van der Waals surface area contributed by atoms with E-state index in [0.29, 0.717) is 16.9 Å². The fourth-order valence-corrected chi connectivity index (χ4v) is 3.35. The Morgan fingerprint density at radius 1 is 0.938 bits per heavy atom. The SMILES string of the molecule is CC(=O)c1cccc(NC(=O)Cn2c(=O)n(Cc3ccccn3)c(=O)c3ncccc32)c1. The molecule has 1 N–H and O–H groups in total. The van der Waals surface area contributed by atoms with Crippen LogP contribution < -0.4 is 16.6 Å². The first-order valence-corrected chi connectivity index (χ1v) is 9.83. The van der Waals surface area contributed by atoms with Crippen molar-refractivity contribution < 1.29 is 9.59 Å². The summed E-state index contributed by atoms with van der Waals surface area (Å²) in [5, 5.41) is 2.69. The maximum atomic E-state index is 13.2. The van der Waals surface area contributed by atoms with Crippen molar-refractivity contribution in [2.45, 2.75) is 20.0 Å². The van der Waals surface area contributed by atoms with Crippen LogP contribution in [0.3, 0.4) is 0 Å². The van der Waals surface area contributed by atoms with Gasteiger partial charge in [0.25, 0.3) is 5.56 Å². The second kappa shape index (κ2) is 8.76. The number of ketones is 1. The summed E-state index contributed by atoms with van der Waals surface area (Å²) in [5.74, 6) is -0.614. The first-order chi connectivity index (χ1) is 15.4. The Bertz CT molecular complexity index is 1440. The fourth-order valence-electron chi connectivity index (χ4n) is 3.35. The zero-order chi connectivity index (χ0) is 22.7. The Hall–Kier alpha value is -4.40. The zero-order valence-electron chi connectivity index (χ0n) is 17.2. The Kier molecular flexibility index (Phi) is 5.71. The molecule has 4 aromatic rings. The lowest BCUT2D eigenvalue weighted by Gasteiger charge is -2.13. The molecule has 9 heteroatoms.